The van der Waals surface area contributed by atoms with Crippen LogP contribution in [0.1, 0.15) is 122 Å². The predicted octanol–water partition coefficient (Wildman–Crippen LogP) is 9.45. The van der Waals surface area contributed by atoms with Crippen molar-refractivity contribution in [2.24, 2.45) is 28.6 Å². The minimum atomic E-state index is -0.975. The van der Waals surface area contributed by atoms with Gasteiger partial charge in [-0.25, -0.2) is 4.79 Å². The first-order chi connectivity index (χ1) is 25.4. The second kappa shape index (κ2) is 14.4. The molecule has 5 aliphatic rings. The quantitative estimate of drug-likeness (QED) is 0.137. The number of fused-ring (bicyclic) bond motifs is 4. The number of aliphatic hydroxyl groups is 2. The standard InChI is InChI=1S/C46H64N2O5S/c1-8-30(26-54)23-45(51)21-18-37-35-17-20-44(50)27-46(52-28-42(5,6)29-53-46)22-19-38(44)39(35)36(24-43(37,45)7)32-11-9-31(10-12-32)25-47-40(49)48-34-15-13-33(14-16-34)41(2,3)4/h8-16,30,35-37,50-51,54H,1,17-29H2,2-7H3,(H2,47,48,49). The van der Waals surface area contributed by atoms with Gasteiger partial charge in [-0.1, -0.05) is 89.6 Å². The van der Waals surface area contributed by atoms with Crippen LogP contribution in [-0.4, -0.2) is 52.2 Å². The Labute approximate surface area is 329 Å². The third-order valence-corrected chi connectivity index (χ3v) is 14.7. The number of carbonyl (C=O) groups excluding carboxylic acids is 1. The van der Waals surface area contributed by atoms with E-state index in [9.17, 15) is 15.0 Å². The third kappa shape index (κ3) is 7.35. The van der Waals surface area contributed by atoms with Crippen LogP contribution in [0.4, 0.5) is 10.5 Å². The molecule has 4 fully saturated rings. The number of nitrogens with one attached hydrogen (secondary N) is 2. The summed E-state index contributed by atoms with van der Waals surface area (Å²) in [6, 6.07) is 16.4. The maximum Gasteiger partial charge on any atom is 0.319 e. The largest absolute Gasteiger partial charge is 0.389 e. The molecule has 2 aromatic carbocycles. The maximum absolute atomic E-state index is 12.9. The van der Waals surface area contributed by atoms with Crippen LogP contribution < -0.4 is 10.6 Å². The number of ether oxygens (including phenoxy) is 2. The molecular weight excluding hydrogens is 693 g/mol. The predicted molar refractivity (Wildman–Crippen MR) is 220 cm³/mol. The lowest BCUT2D eigenvalue weighted by atomic mass is 9.49. The van der Waals surface area contributed by atoms with Crippen molar-refractivity contribution in [2.75, 3.05) is 24.3 Å². The van der Waals surface area contributed by atoms with Gasteiger partial charge in [0, 0.05) is 41.8 Å². The van der Waals surface area contributed by atoms with Crippen LogP contribution in [-0.2, 0) is 21.4 Å². The van der Waals surface area contributed by atoms with E-state index >= 15 is 0 Å². The number of hydrogen-bond acceptors (Lipinski definition) is 6. The minimum absolute atomic E-state index is 0.0378. The highest BCUT2D eigenvalue weighted by molar-refractivity contribution is 7.80. The summed E-state index contributed by atoms with van der Waals surface area (Å²) >= 11 is 4.62. The highest BCUT2D eigenvalue weighted by Crippen LogP contribution is 2.69. The average Bonchev–Trinajstić information content (AvgIpc) is 3.39. The molecular formula is C46H64N2O5S. The summed E-state index contributed by atoms with van der Waals surface area (Å²) in [5.41, 5.74) is 4.71. The fourth-order valence-electron chi connectivity index (χ4n) is 10.9. The molecule has 0 bridgehead atoms. The van der Waals surface area contributed by atoms with Crippen LogP contribution >= 0.6 is 12.6 Å². The second-order valence-electron chi connectivity index (χ2n) is 19.5. The van der Waals surface area contributed by atoms with E-state index in [0.717, 1.165) is 49.8 Å². The zero-order chi connectivity index (χ0) is 38.7. The Balaban J connectivity index is 1.15. The lowest BCUT2D eigenvalue weighted by Gasteiger charge is -2.59. The fourth-order valence-corrected chi connectivity index (χ4v) is 11.2. The van der Waals surface area contributed by atoms with Gasteiger partial charge < -0.3 is 30.3 Å². The summed E-state index contributed by atoms with van der Waals surface area (Å²) < 4.78 is 12.9. The van der Waals surface area contributed by atoms with Crippen molar-refractivity contribution in [1.29, 1.82) is 0 Å². The first-order valence-corrected chi connectivity index (χ1v) is 21.0. The van der Waals surface area contributed by atoms with E-state index in [0.29, 0.717) is 56.6 Å². The van der Waals surface area contributed by atoms with Gasteiger partial charge in [0.25, 0.3) is 0 Å². The van der Waals surface area contributed by atoms with Gasteiger partial charge in [-0.3, -0.25) is 0 Å². The molecule has 0 radical (unpaired) electrons. The normalized spacial score (nSPS) is 33.3. The molecule has 2 amide bonds. The molecule has 1 saturated heterocycles. The fraction of sp³-hybridized carbons (Fsp3) is 0.630. The molecule has 7 unspecified atom stereocenters. The van der Waals surface area contributed by atoms with Gasteiger partial charge in [0.1, 0.15) is 0 Å². The monoisotopic (exact) mass is 756 g/mol. The molecule has 2 aromatic rings. The highest BCUT2D eigenvalue weighted by Gasteiger charge is 2.65. The van der Waals surface area contributed by atoms with Crippen molar-refractivity contribution in [3.05, 3.63) is 89.0 Å². The van der Waals surface area contributed by atoms with E-state index in [4.69, 9.17) is 9.47 Å². The van der Waals surface area contributed by atoms with Crippen molar-refractivity contribution in [3.63, 3.8) is 0 Å². The molecule has 7 rings (SSSR count). The van der Waals surface area contributed by atoms with Gasteiger partial charge in [-0.15, -0.1) is 6.58 Å². The van der Waals surface area contributed by atoms with Gasteiger partial charge in [0.15, 0.2) is 5.79 Å². The Morgan fingerprint density at radius 1 is 1.00 bits per heavy atom. The Hall–Kier alpha value is -2.62. The number of amides is 2. The SMILES string of the molecule is C=CC(CS)CC1(O)CCC2C3CCC4(O)CC5(CCC4=C3C(c3ccc(CNC(=O)Nc4ccc(C(C)(C)C)cc4)cc3)CC21C)OCC(C)(C)CO5. The maximum atomic E-state index is 12.9. The zero-order valence-electron chi connectivity index (χ0n) is 33.5. The molecule has 1 heterocycles. The van der Waals surface area contributed by atoms with Gasteiger partial charge in [-0.05, 0) is 108 Å². The number of allylic oxidation sites excluding steroid dienone is 2. The van der Waals surface area contributed by atoms with Gasteiger partial charge in [-0.2, -0.15) is 12.6 Å². The molecule has 8 heteroatoms. The van der Waals surface area contributed by atoms with Crippen molar-refractivity contribution in [1.82, 2.24) is 5.32 Å². The van der Waals surface area contributed by atoms with Crippen molar-refractivity contribution in [2.45, 2.75) is 134 Å². The molecule has 3 saturated carbocycles. The molecule has 7 nitrogen and oxygen atoms in total. The van der Waals surface area contributed by atoms with Gasteiger partial charge >= 0.3 is 6.03 Å². The molecule has 0 aromatic heterocycles. The highest BCUT2D eigenvalue weighted by atomic mass is 32.1. The summed E-state index contributed by atoms with van der Waals surface area (Å²) in [4.78, 5) is 12.9. The first kappa shape index (κ1) is 39.6. The smallest absolute Gasteiger partial charge is 0.319 e. The second-order valence-corrected chi connectivity index (χ2v) is 19.9. The Morgan fingerprint density at radius 2 is 1.69 bits per heavy atom. The number of benzene rings is 2. The lowest BCUT2D eigenvalue weighted by Crippen LogP contribution is -2.58. The van der Waals surface area contributed by atoms with E-state index in [1.54, 1.807) is 0 Å². The molecule has 1 aliphatic heterocycles. The Morgan fingerprint density at radius 3 is 2.31 bits per heavy atom. The molecule has 4 N–H and O–H groups in total. The number of thiol groups is 1. The van der Waals surface area contributed by atoms with Crippen molar-refractivity contribution < 1.29 is 24.5 Å². The number of hydrogen-bond donors (Lipinski definition) is 5. The van der Waals surface area contributed by atoms with E-state index in [-0.39, 0.29) is 34.1 Å². The first-order valence-electron chi connectivity index (χ1n) is 20.4. The van der Waals surface area contributed by atoms with Crippen LogP contribution in [0.2, 0.25) is 0 Å². The van der Waals surface area contributed by atoms with Crippen molar-refractivity contribution >= 4 is 24.3 Å². The minimum Gasteiger partial charge on any atom is -0.389 e. The third-order valence-electron chi connectivity index (χ3n) is 14.2. The number of anilines is 1. The van der Waals surface area contributed by atoms with E-state index in [1.165, 1.54) is 22.3 Å². The van der Waals surface area contributed by atoms with Crippen LogP contribution in [0.3, 0.4) is 0 Å². The van der Waals surface area contributed by atoms with E-state index in [2.05, 4.69) is 108 Å². The van der Waals surface area contributed by atoms with Crippen LogP contribution in [0.25, 0.3) is 0 Å². The molecule has 4 aliphatic carbocycles. The topological polar surface area (TPSA) is 100 Å². The van der Waals surface area contributed by atoms with Crippen LogP contribution in [0.5, 0.6) is 0 Å². The molecule has 294 valence electrons. The average molecular weight is 757 g/mol. The van der Waals surface area contributed by atoms with Crippen molar-refractivity contribution in [3.8, 4) is 0 Å². The summed E-state index contributed by atoms with van der Waals surface area (Å²) in [5, 5.41) is 31.2. The number of rotatable bonds is 8. The lowest BCUT2D eigenvalue weighted by molar-refractivity contribution is -0.322. The molecule has 54 heavy (non-hydrogen) atoms. The van der Waals surface area contributed by atoms with E-state index in [1.807, 2.05) is 18.2 Å². The summed E-state index contributed by atoms with van der Waals surface area (Å²) in [6.07, 6.45) is 8.73. The van der Waals surface area contributed by atoms with Crippen LogP contribution in [0.15, 0.2) is 72.3 Å². The summed E-state index contributed by atoms with van der Waals surface area (Å²) in [5.74, 6) is 0.758. The summed E-state index contributed by atoms with van der Waals surface area (Å²) in [7, 11) is 0. The van der Waals surface area contributed by atoms with Gasteiger partial charge in [0.05, 0.1) is 24.4 Å². The number of carbonyl (C=O) groups is 1. The Bertz CT molecular complexity index is 1740. The Kier molecular flexibility index (Phi) is 10.6. The van der Waals surface area contributed by atoms with Crippen LogP contribution in [0, 0.1) is 28.6 Å². The number of urea groups is 1. The zero-order valence-corrected chi connectivity index (χ0v) is 34.4. The molecule has 7 atom stereocenters. The summed E-state index contributed by atoms with van der Waals surface area (Å²) in [6.45, 7) is 18.9. The van der Waals surface area contributed by atoms with Gasteiger partial charge in [0.2, 0.25) is 0 Å². The molecule has 1 spiro atoms. The van der Waals surface area contributed by atoms with E-state index < -0.39 is 17.0 Å².